The fraction of sp³-hybridized carbons (Fsp3) is 0.571. The van der Waals surface area contributed by atoms with Crippen LogP contribution in [-0.4, -0.2) is 26.5 Å². The Hall–Kier alpha value is -0.910. The molecule has 3 rings (SSSR count). The summed E-state index contributed by atoms with van der Waals surface area (Å²) in [5, 5.41) is 3.52. The molecule has 2 bridgehead atoms. The second-order valence-corrected chi connectivity index (χ2v) is 7.38. The van der Waals surface area contributed by atoms with Gasteiger partial charge in [-0.3, -0.25) is 0 Å². The van der Waals surface area contributed by atoms with Crippen LogP contribution in [0.2, 0.25) is 0 Å². The highest BCUT2D eigenvalue weighted by molar-refractivity contribution is 7.89. The molecule has 2 N–H and O–H groups in total. The summed E-state index contributed by atoms with van der Waals surface area (Å²) in [4.78, 5) is 0.404. The molecule has 1 aromatic carbocycles. The number of hydrogen-bond acceptors (Lipinski definition) is 3. The highest BCUT2D eigenvalue weighted by Crippen LogP contribution is 2.28. The second kappa shape index (κ2) is 4.89. The summed E-state index contributed by atoms with van der Waals surface area (Å²) in [5.74, 6) is 0. The van der Waals surface area contributed by atoms with Crippen molar-refractivity contribution < 1.29 is 8.42 Å². The molecule has 2 heterocycles. The lowest BCUT2D eigenvalue weighted by Crippen LogP contribution is -2.48. The molecule has 1 aromatic rings. The molecule has 0 amide bonds. The Bertz CT molecular complexity index is 559. The molecule has 0 radical (unpaired) electrons. The molecule has 5 heteroatoms. The Balaban J connectivity index is 1.77. The van der Waals surface area contributed by atoms with Gasteiger partial charge in [-0.15, -0.1) is 0 Å². The van der Waals surface area contributed by atoms with E-state index in [2.05, 4.69) is 10.0 Å². The molecule has 0 saturated carbocycles. The summed E-state index contributed by atoms with van der Waals surface area (Å²) in [5.41, 5.74) is 0.798. The fourth-order valence-corrected chi connectivity index (χ4v) is 4.80. The van der Waals surface area contributed by atoms with Crippen molar-refractivity contribution in [1.29, 1.82) is 0 Å². The quantitative estimate of drug-likeness (QED) is 0.883. The normalized spacial score (nSPS) is 30.5. The SMILES string of the molecule is Cc1ccccc1S(=O)(=O)NC1CC2CCC(C1)N2. The van der Waals surface area contributed by atoms with Gasteiger partial charge in [0.05, 0.1) is 4.90 Å². The van der Waals surface area contributed by atoms with Crippen molar-refractivity contribution in [2.45, 2.75) is 55.6 Å². The van der Waals surface area contributed by atoms with Gasteiger partial charge in [-0.1, -0.05) is 18.2 Å². The molecular formula is C14H20N2O2S. The lowest BCUT2D eigenvalue weighted by atomic mass is 10.0. The first-order chi connectivity index (χ1) is 9.04. The third kappa shape index (κ3) is 2.68. The van der Waals surface area contributed by atoms with Crippen LogP contribution in [0.5, 0.6) is 0 Å². The Morgan fingerprint density at radius 2 is 1.79 bits per heavy atom. The highest BCUT2D eigenvalue weighted by atomic mass is 32.2. The van der Waals surface area contributed by atoms with E-state index in [0.29, 0.717) is 17.0 Å². The Labute approximate surface area is 114 Å². The van der Waals surface area contributed by atoms with Crippen LogP contribution in [0, 0.1) is 6.92 Å². The molecule has 0 aliphatic carbocycles. The molecule has 2 fully saturated rings. The van der Waals surface area contributed by atoms with E-state index in [-0.39, 0.29) is 6.04 Å². The monoisotopic (exact) mass is 280 g/mol. The molecule has 0 aromatic heterocycles. The van der Waals surface area contributed by atoms with Crippen molar-refractivity contribution in [1.82, 2.24) is 10.0 Å². The van der Waals surface area contributed by atoms with Crippen molar-refractivity contribution in [2.75, 3.05) is 0 Å². The van der Waals surface area contributed by atoms with Crippen LogP contribution in [0.1, 0.15) is 31.2 Å². The third-order valence-corrected chi connectivity index (χ3v) is 5.86. The van der Waals surface area contributed by atoms with Crippen LogP contribution in [0.15, 0.2) is 29.2 Å². The smallest absolute Gasteiger partial charge is 0.241 e. The molecule has 4 nitrogen and oxygen atoms in total. The average molecular weight is 280 g/mol. The number of piperidine rings is 1. The molecule has 104 valence electrons. The van der Waals surface area contributed by atoms with Gasteiger partial charge in [0.25, 0.3) is 0 Å². The standard InChI is InChI=1S/C14H20N2O2S/c1-10-4-2-3-5-14(10)19(17,18)16-13-8-11-6-7-12(9-13)15-11/h2-5,11-13,15-16H,6-9H2,1H3. The molecule has 0 spiro atoms. The van der Waals surface area contributed by atoms with Crippen LogP contribution in [0.4, 0.5) is 0 Å². The van der Waals surface area contributed by atoms with Crippen molar-refractivity contribution in [2.24, 2.45) is 0 Å². The van der Waals surface area contributed by atoms with Crippen LogP contribution >= 0.6 is 0 Å². The molecule has 2 saturated heterocycles. The second-order valence-electron chi connectivity index (χ2n) is 5.69. The maximum atomic E-state index is 12.4. The van der Waals surface area contributed by atoms with Gasteiger partial charge < -0.3 is 5.32 Å². The van der Waals surface area contributed by atoms with E-state index in [4.69, 9.17) is 0 Å². The van der Waals surface area contributed by atoms with Crippen LogP contribution < -0.4 is 10.0 Å². The maximum Gasteiger partial charge on any atom is 0.241 e. The first-order valence-corrected chi connectivity index (χ1v) is 8.37. The fourth-order valence-electron chi connectivity index (χ4n) is 3.29. The van der Waals surface area contributed by atoms with Crippen LogP contribution in [0.3, 0.4) is 0 Å². The van der Waals surface area contributed by atoms with Gasteiger partial charge in [0.2, 0.25) is 10.0 Å². The number of nitrogens with one attached hydrogen (secondary N) is 2. The topological polar surface area (TPSA) is 58.2 Å². The number of sulfonamides is 1. The molecule has 2 aliphatic rings. The van der Waals surface area contributed by atoms with Gasteiger partial charge in [-0.25, -0.2) is 13.1 Å². The summed E-state index contributed by atoms with van der Waals surface area (Å²) < 4.78 is 27.7. The van der Waals surface area contributed by atoms with Gasteiger partial charge in [0.15, 0.2) is 0 Å². The Morgan fingerprint density at radius 1 is 1.16 bits per heavy atom. The predicted octanol–water partition coefficient (Wildman–Crippen LogP) is 1.56. The van der Waals surface area contributed by atoms with Crippen molar-refractivity contribution in [3.8, 4) is 0 Å². The van der Waals surface area contributed by atoms with Crippen LogP contribution in [-0.2, 0) is 10.0 Å². The molecule has 2 unspecified atom stereocenters. The lowest BCUT2D eigenvalue weighted by Gasteiger charge is -2.29. The zero-order chi connectivity index (χ0) is 13.5. The highest BCUT2D eigenvalue weighted by Gasteiger charge is 2.35. The lowest BCUT2D eigenvalue weighted by molar-refractivity contribution is 0.345. The summed E-state index contributed by atoms with van der Waals surface area (Å²) in [6, 6.07) is 8.19. The van der Waals surface area contributed by atoms with Crippen molar-refractivity contribution >= 4 is 10.0 Å². The van der Waals surface area contributed by atoms with E-state index in [1.807, 2.05) is 19.1 Å². The van der Waals surface area contributed by atoms with E-state index in [0.717, 1.165) is 18.4 Å². The van der Waals surface area contributed by atoms with E-state index < -0.39 is 10.0 Å². The zero-order valence-electron chi connectivity index (χ0n) is 11.1. The Morgan fingerprint density at radius 3 is 2.42 bits per heavy atom. The van der Waals surface area contributed by atoms with Crippen molar-refractivity contribution in [3.63, 3.8) is 0 Å². The minimum atomic E-state index is -3.39. The number of rotatable bonds is 3. The molecular weight excluding hydrogens is 260 g/mol. The summed E-state index contributed by atoms with van der Waals surface area (Å²) in [6.07, 6.45) is 4.16. The summed E-state index contributed by atoms with van der Waals surface area (Å²) in [6.45, 7) is 1.83. The minimum Gasteiger partial charge on any atom is -0.311 e. The molecule has 2 aliphatic heterocycles. The Kier molecular flexibility index (Phi) is 3.37. The van der Waals surface area contributed by atoms with Crippen molar-refractivity contribution in [3.05, 3.63) is 29.8 Å². The first kappa shape index (κ1) is 13.1. The van der Waals surface area contributed by atoms with Gasteiger partial charge in [-0.05, 0) is 44.2 Å². The number of hydrogen-bond donors (Lipinski definition) is 2. The third-order valence-electron chi connectivity index (χ3n) is 4.18. The zero-order valence-corrected chi connectivity index (χ0v) is 11.9. The van der Waals surface area contributed by atoms with Gasteiger partial charge >= 0.3 is 0 Å². The number of aryl methyl sites for hydroxylation is 1. The van der Waals surface area contributed by atoms with E-state index >= 15 is 0 Å². The predicted molar refractivity (Wildman–Crippen MR) is 74.5 cm³/mol. The number of fused-ring (bicyclic) bond motifs is 2. The van der Waals surface area contributed by atoms with Gasteiger partial charge in [-0.2, -0.15) is 0 Å². The number of benzene rings is 1. The van der Waals surface area contributed by atoms with Gasteiger partial charge in [0, 0.05) is 18.1 Å². The molecule has 19 heavy (non-hydrogen) atoms. The van der Waals surface area contributed by atoms with E-state index in [1.165, 1.54) is 12.8 Å². The van der Waals surface area contributed by atoms with Crippen LogP contribution in [0.25, 0.3) is 0 Å². The minimum absolute atomic E-state index is 0.0726. The maximum absolute atomic E-state index is 12.4. The van der Waals surface area contributed by atoms with Gasteiger partial charge in [0.1, 0.15) is 0 Å². The molecule has 2 atom stereocenters. The largest absolute Gasteiger partial charge is 0.311 e. The van der Waals surface area contributed by atoms with E-state index in [1.54, 1.807) is 12.1 Å². The van der Waals surface area contributed by atoms with E-state index in [9.17, 15) is 8.42 Å². The first-order valence-electron chi connectivity index (χ1n) is 6.88. The average Bonchev–Trinajstić information content (AvgIpc) is 2.68. The summed E-state index contributed by atoms with van der Waals surface area (Å²) in [7, 11) is -3.39. The summed E-state index contributed by atoms with van der Waals surface area (Å²) >= 11 is 0.